The number of hydrogen-bond donors (Lipinski definition) is 2. The van der Waals surface area contributed by atoms with Crippen molar-refractivity contribution in [2.45, 2.75) is 45.3 Å². The smallest absolute Gasteiger partial charge is 0.191 e. The van der Waals surface area contributed by atoms with E-state index >= 15 is 0 Å². The van der Waals surface area contributed by atoms with E-state index in [2.05, 4.69) is 58.0 Å². The Kier molecular flexibility index (Phi) is 8.47. The SMILES string of the molecule is CN=C(NCCSC)NCc1ccccc1CN1CCCCC1C. The Balaban J connectivity index is 1.93. The van der Waals surface area contributed by atoms with Crippen LogP contribution in [0.4, 0.5) is 0 Å². The lowest BCUT2D eigenvalue weighted by Crippen LogP contribution is -2.39. The van der Waals surface area contributed by atoms with Gasteiger partial charge in [-0.2, -0.15) is 11.8 Å². The second kappa shape index (κ2) is 10.6. The van der Waals surface area contributed by atoms with Crippen molar-refractivity contribution in [3.05, 3.63) is 35.4 Å². The van der Waals surface area contributed by atoms with Gasteiger partial charge in [0.05, 0.1) is 0 Å². The van der Waals surface area contributed by atoms with Crippen molar-refractivity contribution < 1.29 is 0 Å². The van der Waals surface area contributed by atoms with E-state index in [0.29, 0.717) is 6.04 Å². The van der Waals surface area contributed by atoms with Crippen LogP contribution in [0, 0.1) is 0 Å². The van der Waals surface area contributed by atoms with Gasteiger partial charge in [0, 0.05) is 38.5 Å². The van der Waals surface area contributed by atoms with E-state index < -0.39 is 0 Å². The minimum atomic E-state index is 0.695. The molecule has 0 radical (unpaired) electrons. The van der Waals surface area contributed by atoms with Crippen molar-refractivity contribution >= 4 is 17.7 Å². The number of nitrogens with one attached hydrogen (secondary N) is 2. The standard InChI is InChI=1S/C19H32N4S/c1-16-8-6-7-12-23(16)15-18-10-5-4-9-17(18)14-22-19(20-2)21-11-13-24-3/h4-5,9-10,16H,6-8,11-15H2,1-3H3,(H2,20,21,22). The lowest BCUT2D eigenvalue weighted by atomic mass is 10.0. The molecule has 1 fully saturated rings. The van der Waals surface area contributed by atoms with Gasteiger partial charge in [-0.15, -0.1) is 0 Å². The number of rotatable bonds is 7. The first-order valence-corrected chi connectivity index (χ1v) is 10.4. The van der Waals surface area contributed by atoms with Gasteiger partial charge in [-0.05, 0) is 43.7 Å². The van der Waals surface area contributed by atoms with Gasteiger partial charge in [0.2, 0.25) is 0 Å². The fourth-order valence-corrected chi connectivity index (χ4v) is 3.47. The summed E-state index contributed by atoms with van der Waals surface area (Å²) in [5, 5.41) is 6.80. The molecule has 1 aromatic rings. The summed E-state index contributed by atoms with van der Waals surface area (Å²) >= 11 is 1.84. The molecule has 24 heavy (non-hydrogen) atoms. The number of piperidine rings is 1. The van der Waals surface area contributed by atoms with Gasteiger partial charge in [0.25, 0.3) is 0 Å². The average molecular weight is 349 g/mol. The number of hydrogen-bond acceptors (Lipinski definition) is 3. The number of benzene rings is 1. The number of guanidine groups is 1. The van der Waals surface area contributed by atoms with E-state index in [1.807, 2.05) is 18.8 Å². The zero-order valence-corrected chi connectivity index (χ0v) is 16.2. The van der Waals surface area contributed by atoms with E-state index in [0.717, 1.165) is 31.3 Å². The number of likely N-dealkylation sites (tertiary alicyclic amines) is 1. The molecule has 2 N–H and O–H groups in total. The quantitative estimate of drug-likeness (QED) is 0.451. The Morgan fingerprint density at radius 2 is 2.04 bits per heavy atom. The highest BCUT2D eigenvalue weighted by atomic mass is 32.2. The molecular weight excluding hydrogens is 316 g/mol. The molecule has 2 rings (SSSR count). The van der Waals surface area contributed by atoms with Crippen LogP contribution in [0.5, 0.6) is 0 Å². The summed E-state index contributed by atoms with van der Waals surface area (Å²) in [7, 11) is 1.83. The molecule has 1 unspecified atom stereocenters. The van der Waals surface area contributed by atoms with Crippen molar-refractivity contribution in [3.63, 3.8) is 0 Å². The highest BCUT2D eigenvalue weighted by Crippen LogP contribution is 2.20. The lowest BCUT2D eigenvalue weighted by molar-refractivity contribution is 0.152. The van der Waals surface area contributed by atoms with E-state index in [9.17, 15) is 0 Å². The van der Waals surface area contributed by atoms with E-state index in [1.165, 1.54) is 36.9 Å². The van der Waals surface area contributed by atoms with Crippen molar-refractivity contribution in [2.24, 2.45) is 4.99 Å². The maximum atomic E-state index is 4.31. The zero-order valence-electron chi connectivity index (χ0n) is 15.3. The minimum absolute atomic E-state index is 0.695. The summed E-state index contributed by atoms with van der Waals surface area (Å²) < 4.78 is 0. The second-order valence-corrected chi connectivity index (χ2v) is 7.41. The number of thioether (sulfide) groups is 1. The first kappa shape index (κ1) is 19.1. The monoisotopic (exact) mass is 348 g/mol. The fraction of sp³-hybridized carbons (Fsp3) is 0.632. The van der Waals surface area contributed by atoms with Gasteiger partial charge in [-0.3, -0.25) is 9.89 Å². The fourth-order valence-electron chi connectivity index (χ4n) is 3.17. The van der Waals surface area contributed by atoms with Crippen LogP contribution in [0.15, 0.2) is 29.3 Å². The molecule has 0 saturated carbocycles. The van der Waals surface area contributed by atoms with Crippen LogP contribution in [-0.2, 0) is 13.1 Å². The number of nitrogens with zero attached hydrogens (tertiary/aromatic N) is 2. The summed E-state index contributed by atoms with van der Waals surface area (Å²) in [5.74, 6) is 1.97. The molecule has 0 bridgehead atoms. The first-order valence-electron chi connectivity index (χ1n) is 8.99. The van der Waals surface area contributed by atoms with Crippen LogP contribution in [-0.4, -0.2) is 49.0 Å². The maximum Gasteiger partial charge on any atom is 0.191 e. The van der Waals surface area contributed by atoms with E-state index in [-0.39, 0.29) is 0 Å². The van der Waals surface area contributed by atoms with Crippen LogP contribution in [0.3, 0.4) is 0 Å². The van der Waals surface area contributed by atoms with Gasteiger partial charge in [-0.1, -0.05) is 30.7 Å². The highest BCUT2D eigenvalue weighted by Gasteiger charge is 2.19. The second-order valence-electron chi connectivity index (χ2n) is 6.43. The summed E-state index contributed by atoms with van der Waals surface area (Å²) in [6, 6.07) is 9.47. The molecule has 1 saturated heterocycles. The molecule has 1 aliphatic rings. The van der Waals surface area contributed by atoms with Gasteiger partial charge in [0.15, 0.2) is 5.96 Å². The summed E-state index contributed by atoms with van der Waals surface area (Å²) in [6.07, 6.45) is 6.15. The molecular formula is C19H32N4S. The predicted molar refractivity (Wildman–Crippen MR) is 107 cm³/mol. The van der Waals surface area contributed by atoms with Crippen molar-refractivity contribution in [3.8, 4) is 0 Å². The van der Waals surface area contributed by atoms with E-state index in [1.54, 1.807) is 0 Å². The normalized spacial score (nSPS) is 19.3. The minimum Gasteiger partial charge on any atom is -0.356 e. The molecule has 4 nitrogen and oxygen atoms in total. The Bertz CT molecular complexity index is 518. The molecule has 0 aliphatic carbocycles. The third-order valence-electron chi connectivity index (χ3n) is 4.70. The Labute approximate surface area is 151 Å². The largest absolute Gasteiger partial charge is 0.356 e. The topological polar surface area (TPSA) is 39.7 Å². The zero-order chi connectivity index (χ0) is 17.2. The molecule has 1 atom stereocenters. The Morgan fingerprint density at radius 1 is 1.25 bits per heavy atom. The number of aliphatic imine (C=N–C) groups is 1. The highest BCUT2D eigenvalue weighted by molar-refractivity contribution is 7.98. The summed E-state index contributed by atoms with van der Waals surface area (Å²) in [5.41, 5.74) is 2.79. The first-order chi connectivity index (χ1) is 11.7. The summed E-state index contributed by atoms with van der Waals surface area (Å²) in [6.45, 7) is 6.39. The molecule has 0 aromatic heterocycles. The molecule has 1 aliphatic heterocycles. The summed E-state index contributed by atoms with van der Waals surface area (Å²) in [4.78, 5) is 6.93. The van der Waals surface area contributed by atoms with Gasteiger partial charge < -0.3 is 10.6 Å². The molecule has 0 amide bonds. The molecule has 5 heteroatoms. The van der Waals surface area contributed by atoms with Gasteiger partial charge >= 0.3 is 0 Å². The third-order valence-corrected chi connectivity index (χ3v) is 5.31. The Hall–Kier alpha value is -1.20. The molecule has 1 aromatic carbocycles. The Morgan fingerprint density at radius 3 is 2.75 bits per heavy atom. The lowest BCUT2D eigenvalue weighted by Gasteiger charge is -2.33. The van der Waals surface area contributed by atoms with Crippen LogP contribution < -0.4 is 10.6 Å². The van der Waals surface area contributed by atoms with Crippen LogP contribution in [0.1, 0.15) is 37.3 Å². The molecule has 1 heterocycles. The predicted octanol–water partition coefficient (Wildman–Crippen LogP) is 3.09. The average Bonchev–Trinajstić information content (AvgIpc) is 2.61. The molecule has 0 spiro atoms. The van der Waals surface area contributed by atoms with Crippen molar-refractivity contribution in [1.29, 1.82) is 0 Å². The van der Waals surface area contributed by atoms with Gasteiger partial charge in [0.1, 0.15) is 0 Å². The van der Waals surface area contributed by atoms with Crippen LogP contribution in [0.25, 0.3) is 0 Å². The van der Waals surface area contributed by atoms with E-state index in [4.69, 9.17) is 0 Å². The van der Waals surface area contributed by atoms with Crippen molar-refractivity contribution in [1.82, 2.24) is 15.5 Å². The third kappa shape index (κ3) is 6.02. The van der Waals surface area contributed by atoms with Crippen LogP contribution >= 0.6 is 11.8 Å². The molecule has 134 valence electrons. The van der Waals surface area contributed by atoms with Crippen molar-refractivity contribution in [2.75, 3.05) is 32.1 Å². The van der Waals surface area contributed by atoms with Gasteiger partial charge in [-0.25, -0.2) is 0 Å². The van der Waals surface area contributed by atoms with Crippen LogP contribution in [0.2, 0.25) is 0 Å². The maximum absolute atomic E-state index is 4.31.